The summed E-state index contributed by atoms with van der Waals surface area (Å²) in [6.07, 6.45) is 6.52. The number of rotatable bonds is 7. The largest absolute Gasteiger partial charge is 0.345 e. The smallest absolute Gasteiger partial charge is 0.242 e. The van der Waals surface area contributed by atoms with Crippen molar-refractivity contribution < 1.29 is 9.59 Å². The molecule has 3 rings (SSSR count). The Morgan fingerprint density at radius 2 is 1.90 bits per heavy atom. The molecule has 1 aliphatic rings. The highest BCUT2D eigenvalue weighted by molar-refractivity contribution is 5.88. The van der Waals surface area contributed by atoms with Gasteiger partial charge in [-0.05, 0) is 37.8 Å². The second kappa shape index (κ2) is 11.0. The Hall–Kier alpha value is -2.38. The van der Waals surface area contributed by atoms with Gasteiger partial charge in [-0.2, -0.15) is 5.10 Å². The van der Waals surface area contributed by atoms with Crippen LogP contribution in [0.3, 0.4) is 0 Å². The molecule has 0 spiro atoms. The van der Waals surface area contributed by atoms with E-state index in [1.165, 1.54) is 5.56 Å². The topological polar surface area (TPSA) is 79.3 Å². The lowest BCUT2D eigenvalue weighted by Crippen LogP contribution is -2.46. The van der Waals surface area contributed by atoms with Gasteiger partial charge in [-0.25, -0.2) is 0 Å². The summed E-state index contributed by atoms with van der Waals surface area (Å²) in [5.41, 5.74) is 2.13. The van der Waals surface area contributed by atoms with Gasteiger partial charge in [0.15, 0.2) is 0 Å². The fourth-order valence-electron chi connectivity index (χ4n) is 3.75. The van der Waals surface area contributed by atoms with E-state index in [0.717, 1.165) is 37.9 Å². The van der Waals surface area contributed by atoms with Crippen LogP contribution in [0.5, 0.6) is 0 Å². The van der Waals surface area contributed by atoms with Crippen molar-refractivity contribution in [1.29, 1.82) is 0 Å². The maximum atomic E-state index is 12.5. The molecule has 1 fully saturated rings. The van der Waals surface area contributed by atoms with E-state index in [0.29, 0.717) is 5.92 Å². The highest BCUT2D eigenvalue weighted by Gasteiger charge is 2.25. The van der Waals surface area contributed by atoms with Crippen molar-refractivity contribution in [2.24, 2.45) is 13.0 Å². The first-order valence-electron chi connectivity index (χ1n) is 9.82. The van der Waals surface area contributed by atoms with Crippen LogP contribution >= 0.6 is 12.4 Å². The molecule has 2 amide bonds. The zero-order valence-corrected chi connectivity index (χ0v) is 17.8. The normalized spacial score (nSPS) is 15.4. The Morgan fingerprint density at radius 3 is 2.48 bits per heavy atom. The molecule has 158 valence electrons. The van der Waals surface area contributed by atoms with Crippen LogP contribution in [0.4, 0.5) is 0 Å². The van der Waals surface area contributed by atoms with Crippen LogP contribution in [-0.2, 0) is 23.1 Å². The number of likely N-dealkylation sites (tertiary alicyclic amines) is 1. The molecule has 0 bridgehead atoms. The fourth-order valence-corrected chi connectivity index (χ4v) is 3.75. The first-order valence-corrected chi connectivity index (χ1v) is 9.82. The molecule has 7 nitrogen and oxygen atoms in total. The molecule has 1 aromatic heterocycles. The number of piperidine rings is 1. The number of benzene rings is 1. The average Bonchev–Trinajstić information content (AvgIpc) is 3.14. The molecule has 1 aromatic carbocycles. The Labute approximate surface area is 178 Å². The molecule has 0 saturated carbocycles. The highest BCUT2D eigenvalue weighted by Crippen LogP contribution is 2.21. The van der Waals surface area contributed by atoms with Crippen LogP contribution < -0.4 is 10.6 Å². The molecule has 8 heteroatoms. The number of amides is 2. The van der Waals surface area contributed by atoms with E-state index in [1.807, 2.05) is 11.0 Å². The van der Waals surface area contributed by atoms with Crippen molar-refractivity contribution in [3.05, 3.63) is 53.9 Å². The molecular formula is C21H30ClN5O2. The minimum atomic E-state index is -0.516. The van der Waals surface area contributed by atoms with Crippen LogP contribution in [0.15, 0.2) is 42.7 Å². The number of hydrogen-bond donors (Lipinski definition) is 2. The SMILES string of the molecule is CNC(C(=O)NCC(=O)N1CCC(Cc2ccccc2)CC1)c1cnn(C)c1.Cl. The highest BCUT2D eigenvalue weighted by atomic mass is 35.5. The van der Waals surface area contributed by atoms with E-state index in [9.17, 15) is 9.59 Å². The van der Waals surface area contributed by atoms with Crippen molar-refractivity contribution in [2.45, 2.75) is 25.3 Å². The summed E-state index contributed by atoms with van der Waals surface area (Å²) < 4.78 is 1.65. The zero-order chi connectivity index (χ0) is 19.9. The molecular weight excluding hydrogens is 390 g/mol. The summed E-state index contributed by atoms with van der Waals surface area (Å²) in [6.45, 7) is 1.54. The number of aromatic nitrogens is 2. The van der Waals surface area contributed by atoms with Crippen LogP contribution in [0, 0.1) is 5.92 Å². The van der Waals surface area contributed by atoms with Crippen LogP contribution in [0.25, 0.3) is 0 Å². The van der Waals surface area contributed by atoms with Gasteiger partial charge in [-0.3, -0.25) is 14.3 Å². The van der Waals surface area contributed by atoms with Gasteiger partial charge in [0, 0.05) is 31.9 Å². The number of nitrogens with zero attached hydrogens (tertiary/aromatic N) is 3. The molecule has 1 unspecified atom stereocenters. The van der Waals surface area contributed by atoms with Crippen molar-refractivity contribution in [3.8, 4) is 0 Å². The number of halogens is 1. The van der Waals surface area contributed by atoms with Crippen LogP contribution in [0.1, 0.15) is 30.0 Å². The third-order valence-electron chi connectivity index (χ3n) is 5.36. The Kier molecular flexibility index (Phi) is 8.67. The number of nitrogens with one attached hydrogen (secondary N) is 2. The fraction of sp³-hybridized carbons (Fsp3) is 0.476. The van der Waals surface area contributed by atoms with Crippen LogP contribution in [-0.4, -0.2) is 53.2 Å². The second-order valence-electron chi connectivity index (χ2n) is 7.40. The number of carbonyl (C=O) groups is 2. The third kappa shape index (κ3) is 6.30. The predicted molar refractivity (Wildman–Crippen MR) is 115 cm³/mol. The lowest BCUT2D eigenvalue weighted by molar-refractivity contribution is -0.134. The zero-order valence-electron chi connectivity index (χ0n) is 17.0. The monoisotopic (exact) mass is 419 g/mol. The van der Waals surface area contributed by atoms with Gasteiger partial charge in [0.05, 0.1) is 12.7 Å². The van der Waals surface area contributed by atoms with E-state index in [2.05, 4.69) is 40.0 Å². The lowest BCUT2D eigenvalue weighted by atomic mass is 9.90. The van der Waals surface area contributed by atoms with Crippen molar-refractivity contribution >= 4 is 24.2 Å². The third-order valence-corrected chi connectivity index (χ3v) is 5.36. The van der Waals surface area contributed by atoms with Gasteiger partial charge in [0.1, 0.15) is 6.04 Å². The summed E-state index contributed by atoms with van der Waals surface area (Å²) >= 11 is 0. The molecule has 1 atom stereocenters. The van der Waals surface area contributed by atoms with Crippen molar-refractivity contribution in [3.63, 3.8) is 0 Å². The van der Waals surface area contributed by atoms with Crippen LogP contribution in [0.2, 0.25) is 0 Å². The van der Waals surface area contributed by atoms with E-state index in [-0.39, 0.29) is 30.8 Å². The maximum absolute atomic E-state index is 12.5. The Bertz CT molecular complexity index is 787. The minimum Gasteiger partial charge on any atom is -0.345 e. The summed E-state index contributed by atoms with van der Waals surface area (Å²) in [7, 11) is 3.52. The van der Waals surface area contributed by atoms with Gasteiger partial charge in [0.2, 0.25) is 11.8 Å². The number of carbonyl (C=O) groups excluding carboxylic acids is 2. The number of likely N-dealkylation sites (N-methyl/N-ethyl adjacent to an activating group) is 1. The van der Waals surface area contributed by atoms with Crippen molar-refractivity contribution in [1.82, 2.24) is 25.3 Å². The molecule has 29 heavy (non-hydrogen) atoms. The lowest BCUT2D eigenvalue weighted by Gasteiger charge is -2.32. The average molecular weight is 420 g/mol. The van der Waals surface area contributed by atoms with Gasteiger partial charge in [-0.15, -0.1) is 12.4 Å². The van der Waals surface area contributed by atoms with E-state index >= 15 is 0 Å². The predicted octanol–water partition coefficient (Wildman–Crippen LogP) is 1.70. The van der Waals surface area contributed by atoms with Gasteiger partial charge < -0.3 is 15.5 Å². The maximum Gasteiger partial charge on any atom is 0.242 e. The van der Waals surface area contributed by atoms with Gasteiger partial charge in [0.25, 0.3) is 0 Å². The van der Waals surface area contributed by atoms with E-state index < -0.39 is 6.04 Å². The minimum absolute atomic E-state index is 0. The van der Waals surface area contributed by atoms with Crippen molar-refractivity contribution in [2.75, 3.05) is 26.7 Å². The van der Waals surface area contributed by atoms with E-state index in [1.54, 1.807) is 31.2 Å². The Balaban J connectivity index is 0.00000300. The molecule has 1 saturated heterocycles. The molecule has 2 N–H and O–H groups in total. The summed E-state index contributed by atoms with van der Waals surface area (Å²) in [5, 5.41) is 9.83. The molecule has 0 aliphatic carbocycles. The first kappa shape index (κ1) is 22.9. The molecule has 2 heterocycles. The molecule has 1 aliphatic heterocycles. The quantitative estimate of drug-likeness (QED) is 0.716. The molecule has 0 radical (unpaired) electrons. The summed E-state index contributed by atoms with van der Waals surface area (Å²) in [6, 6.07) is 9.98. The summed E-state index contributed by atoms with van der Waals surface area (Å²) in [5.74, 6) is 0.371. The Morgan fingerprint density at radius 1 is 1.21 bits per heavy atom. The second-order valence-corrected chi connectivity index (χ2v) is 7.40. The van der Waals surface area contributed by atoms with Gasteiger partial charge in [-0.1, -0.05) is 30.3 Å². The number of aryl methyl sites for hydroxylation is 1. The standard InChI is InChI=1S/C21H29N5O2.ClH/c1-22-20(18-13-24-25(2)15-18)21(28)23-14-19(27)26-10-8-17(9-11-26)12-16-6-4-3-5-7-16;/h3-7,13,15,17,20,22H,8-12,14H2,1-2H3,(H,23,28);1H. The number of hydrogen-bond acceptors (Lipinski definition) is 4. The van der Waals surface area contributed by atoms with Gasteiger partial charge >= 0.3 is 0 Å². The van der Waals surface area contributed by atoms with E-state index in [4.69, 9.17) is 0 Å². The first-order chi connectivity index (χ1) is 13.6. The summed E-state index contributed by atoms with van der Waals surface area (Å²) in [4.78, 5) is 26.8. The molecule has 2 aromatic rings.